The Bertz CT molecular complexity index is 4030. The maximum atomic E-state index is 2.59. The Morgan fingerprint density at radius 3 is 1.10 bits per heavy atom. The molecule has 2 nitrogen and oxygen atoms in total. The molecule has 0 fully saturated rings. The lowest BCUT2D eigenvalue weighted by Gasteiger charge is -2.48. The molecule has 3 heterocycles. The summed E-state index contributed by atoms with van der Waals surface area (Å²) in [6, 6.07) is 106. The third kappa shape index (κ3) is 5.78. The molecule has 328 valence electrons. The van der Waals surface area contributed by atoms with Crippen molar-refractivity contribution in [3.63, 3.8) is 0 Å². The number of hydrogen-bond donors (Lipinski definition) is 0. The fraction of sp³-hybridized carbons (Fsp3) is 0. The van der Waals surface area contributed by atoms with Crippen LogP contribution in [0, 0.1) is 0 Å². The zero-order chi connectivity index (χ0) is 46.2. The molecule has 0 bridgehead atoms. The Labute approximate surface area is 409 Å². The zero-order valence-electron chi connectivity index (χ0n) is 38.5. The van der Waals surface area contributed by atoms with E-state index < -0.39 is 16.1 Å². The van der Waals surface area contributed by atoms with E-state index in [1.165, 1.54) is 96.2 Å². The smallest absolute Gasteiger partial charge is 0.179 e. The van der Waals surface area contributed by atoms with Crippen LogP contribution in [0.1, 0.15) is 0 Å². The summed E-state index contributed by atoms with van der Waals surface area (Å²) in [4.78, 5) is 0. The molecule has 0 saturated heterocycles. The van der Waals surface area contributed by atoms with E-state index in [-0.39, 0.29) is 0 Å². The number of nitrogens with zero attached hydrogens (tertiary/aromatic N) is 2. The van der Waals surface area contributed by atoms with Crippen molar-refractivity contribution in [2.24, 2.45) is 0 Å². The molecule has 0 spiro atoms. The van der Waals surface area contributed by atoms with E-state index in [0.717, 1.165) is 11.4 Å². The van der Waals surface area contributed by atoms with Crippen molar-refractivity contribution in [1.29, 1.82) is 0 Å². The first-order valence-electron chi connectivity index (χ1n) is 24.3. The van der Waals surface area contributed by atoms with Gasteiger partial charge in [-0.05, 0) is 95.1 Å². The number of fused-ring (bicyclic) bond motifs is 8. The summed E-state index contributed by atoms with van der Waals surface area (Å²) in [7, 11) is -5.90. The molecule has 14 rings (SSSR count). The average Bonchev–Trinajstić information content (AvgIpc) is 3.96. The van der Waals surface area contributed by atoms with Crippen LogP contribution < -0.4 is 41.5 Å². The van der Waals surface area contributed by atoms with Crippen molar-refractivity contribution < 1.29 is 0 Å². The first-order valence-corrected chi connectivity index (χ1v) is 28.3. The van der Waals surface area contributed by atoms with Crippen molar-refractivity contribution in [2.45, 2.75) is 0 Å². The highest BCUT2D eigenvalue weighted by molar-refractivity contribution is 7.33. The Morgan fingerprint density at radius 2 is 0.586 bits per heavy atom. The van der Waals surface area contributed by atoms with Crippen LogP contribution in [0.15, 0.2) is 279 Å². The first-order chi connectivity index (χ1) is 34.7. The molecule has 1 aliphatic heterocycles. The molecule has 0 radical (unpaired) electrons. The van der Waals surface area contributed by atoms with Crippen LogP contribution in [0.2, 0.25) is 0 Å². The SMILES string of the molecule is c1ccc(-c2cccc(-n3c4ccccc4c4ccc(-n5c6ccccc6c6ccc([Si]7(c8ccccc8)c8ccccc8[Si](c8ccccc8)(c8ccccc8)c8ccccc87)cc65)cc43)c2)cc1. The summed E-state index contributed by atoms with van der Waals surface area (Å²) < 4.78 is 5.00. The second-order valence-electron chi connectivity index (χ2n) is 18.7. The molecule has 0 N–H and O–H groups in total. The summed E-state index contributed by atoms with van der Waals surface area (Å²) in [5.74, 6) is 0. The molecular formula is C66H46N2Si2. The minimum atomic E-state index is -3.06. The van der Waals surface area contributed by atoms with E-state index in [2.05, 4.69) is 288 Å². The monoisotopic (exact) mass is 922 g/mol. The Hall–Kier alpha value is -8.55. The normalized spacial score (nSPS) is 13.7. The molecule has 0 aliphatic carbocycles. The van der Waals surface area contributed by atoms with Crippen LogP contribution in [0.5, 0.6) is 0 Å². The van der Waals surface area contributed by atoms with Gasteiger partial charge in [-0.25, -0.2) is 0 Å². The molecule has 2 aromatic heterocycles. The number of rotatable bonds is 7. The molecule has 0 saturated carbocycles. The first kappa shape index (κ1) is 40.5. The fourth-order valence-electron chi connectivity index (χ4n) is 12.5. The van der Waals surface area contributed by atoms with E-state index in [9.17, 15) is 0 Å². The van der Waals surface area contributed by atoms with Gasteiger partial charge >= 0.3 is 0 Å². The average molecular weight is 923 g/mol. The van der Waals surface area contributed by atoms with Crippen LogP contribution in [-0.4, -0.2) is 25.3 Å². The topological polar surface area (TPSA) is 9.86 Å². The van der Waals surface area contributed by atoms with Gasteiger partial charge in [-0.3, -0.25) is 0 Å². The van der Waals surface area contributed by atoms with E-state index in [1.807, 2.05) is 0 Å². The molecule has 0 unspecified atom stereocenters. The van der Waals surface area contributed by atoms with Crippen molar-refractivity contribution in [3.8, 4) is 22.5 Å². The molecule has 0 atom stereocenters. The van der Waals surface area contributed by atoms with E-state index in [4.69, 9.17) is 0 Å². The number of para-hydroxylation sites is 2. The second kappa shape index (κ2) is 16.0. The zero-order valence-corrected chi connectivity index (χ0v) is 40.5. The fourth-order valence-corrected chi connectivity index (χ4v) is 24.6. The number of hydrogen-bond acceptors (Lipinski definition) is 0. The van der Waals surface area contributed by atoms with Crippen LogP contribution in [0.25, 0.3) is 66.1 Å². The standard InChI is InChI=1S/C66H46N2Si2/c1-5-22-47(23-6-1)48-24-21-25-49(44-48)67-59-34-15-13-32-55(59)57-42-40-50(45-61(57)67)68-60-35-16-14-33-56(60)58-43-41-54(46-62(58)68)70(53-30-11-4-12-31-53)65-38-19-17-36-63(65)69(51-26-7-2-8-27-51,52-28-9-3-10-29-52)64-37-18-20-39-66(64)70/h1-46H. The van der Waals surface area contributed by atoms with Gasteiger partial charge in [0, 0.05) is 32.9 Å². The van der Waals surface area contributed by atoms with Gasteiger partial charge < -0.3 is 9.13 Å². The van der Waals surface area contributed by atoms with Crippen LogP contribution in [-0.2, 0) is 0 Å². The maximum Gasteiger partial charge on any atom is 0.179 e. The highest BCUT2D eigenvalue weighted by Gasteiger charge is 2.56. The minimum Gasteiger partial charge on any atom is -0.309 e. The van der Waals surface area contributed by atoms with Crippen LogP contribution >= 0.6 is 0 Å². The van der Waals surface area contributed by atoms with Gasteiger partial charge in [0.25, 0.3) is 0 Å². The summed E-state index contributed by atoms with van der Waals surface area (Å²) in [6.07, 6.45) is 0. The lowest BCUT2D eigenvalue weighted by molar-refractivity contribution is 1.16. The van der Waals surface area contributed by atoms with Gasteiger partial charge in [0.2, 0.25) is 0 Å². The van der Waals surface area contributed by atoms with Gasteiger partial charge in [-0.15, -0.1) is 0 Å². The Balaban J connectivity index is 1.06. The lowest BCUT2D eigenvalue weighted by atomic mass is 10.1. The summed E-state index contributed by atoms with van der Waals surface area (Å²) in [5, 5.41) is 16.5. The Morgan fingerprint density at radius 1 is 0.214 bits per heavy atom. The summed E-state index contributed by atoms with van der Waals surface area (Å²) in [6.45, 7) is 0. The van der Waals surface area contributed by atoms with Crippen molar-refractivity contribution in [2.75, 3.05) is 0 Å². The van der Waals surface area contributed by atoms with Crippen molar-refractivity contribution >= 4 is 101 Å². The molecule has 4 heteroatoms. The largest absolute Gasteiger partial charge is 0.309 e. The third-order valence-electron chi connectivity index (χ3n) is 15.3. The predicted molar refractivity (Wildman–Crippen MR) is 301 cm³/mol. The minimum absolute atomic E-state index is 1.14. The molecular weight excluding hydrogens is 877 g/mol. The molecule has 0 amide bonds. The van der Waals surface area contributed by atoms with Gasteiger partial charge in [0.05, 0.1) is 22.1 Å². The number of benzene rings is 11. The van der Waals surface area contributed by atoms with Gasteiger partial charge in [0.15, 0.2) is 16.1 Å². The van der Waals surface area contributed by atoms with Crippen LogP contribution in [0.3, 0.4) is 0 Å². The van der Waals surface area contributed by atoms with Gasteiger partial charge in [-0.2, -0.15) is 0 Å². The van der Waals surface area contributed by atoms with Crippen molar-refractivity contribution in [3.05, 3.63) is 279 Å². The van der Waals surface area contributed by atoms with Gasteiger partial charge in [0.1, 0.15) is 0 Å². The van der Waals surface area contributed by atoms with Crippen LogP contribution in [0.4, 0.5) is 0 Å². The van der Waals surface area contributed by atoms with E-state index in [1.54, 1.807) is 0 Å². The highest BCUT2D eigenvalue weighted by Crippen LogP contribution is 2.38. The summed E-state index contributed by atoms with van der Waals surface area (Å²) in [5.41, 5.74) is 9.47. The lowest BCUT2D eigenvalue weighted by Crippen LogP contribution is -2.93. The maximum absolute atomic E-state index is 3.06. The number of aromatic nitrogens is 2. The van der Waals surface area contributed by atoms with Gasteiger partial charge in [-0.1, -0.05) is 237 Å². The second-order valence-corrected chi connectivity index (χ2v) is 26.2. The molecule has 70 heavy (non-hydrogen) atoms. The quantitative estimate of drug-likeness (QED) is 0.141. The summed E-state index contributed by atoms with van der Waals surface area (Å²) >= 11 is 0. The third-order valence-corrected chi connectivity index (χ3v) is 25.6. The van der Waals surface area contributed by atoms with E-state index >= 15 is 0 Å². The molecule has 1 aliphatic rings. The van der Waals surface area contributed by atoms with Crippen molar-refractivity contribution in [1.82, 2.24) is 9.13 Å². The Kier molecular flexibility index (Phi) is 9.28. The predicted octanol–water partition coefficient (Wildman–Crippen LogP) is 10.6. The molecule has 11 aromatic carbocycles. The molecule has 13 aromatic rings. The highest BCUT2D eigenvalue weighted by atomic mass is 28.3. The van der Waals surface area contributed by atoms with E-state index in [0.29, 0.717) is 0 Å².